The van der Waals surface area contributed by atoms with Gasteiger partial charge in [0.05, 0.1) is 6.10 Å². The van der Waals surface area contributed by atoms with Crippen molar-refractivity contribution in [3.8, 4) is 0 Å². The summed E-state index contributed by atoms with van der Waals surface area (Å²) in [6, 6.07) is 0.662. The normalized spacial score (nSPS) is 29.0. The van der Waals surface area contributed by atoms with Crippen LogP contribution >= 0.6 is 0 Å². The molecule has 2 nitrogen and oxygen atoms in total. The molecule has 2 N–H and O–H groups in total. The van der Waals surface area contributed by atoms with E-state index in [4.69, 9.17) is 0 Å². The maximum Gasteiger partial charge on any atom is 0.0664 e. The SMILES string of the molecule is CCCC(O)CNC1CCCCC1CC. The Labute approximate surface area is 94.5 Å². The van der Waals surface area contributed by atoms with Crippen molar-refractivity contribution in [3.05, 3.63) is 0 Å². The molecule has 1 aliphatic rings. The highest BCUT2D eigenvalue weighted by molar-refractivity contribution is 4.80. The minimum absolute atomic E-state index is 0.144. The molecule has 1 fully saturated rings. The van der Waals surface area contributed by atoms with E-state index in [1.54, 1.807) is 0 Å². The van der Waals surface area contributed by atoms with Gasteiger partial charge in [0.15, 0.2) is 0 Å². The third-order valence-electron chi connectivity index (χ3n) is 3.67. The minimum atomic E-state index is -0.144. The molecule has 0 amide bonds. The molecule has 0 saturated heterocycles. The molecule has 0 aliphatic heterocycles. The van der Waals surface area contributed by atoms with Gasteiger partial charge in [-0.3, -0.25) is 0 Å². The predicted molar refractivity (Wildman–Crippen MR) is 65.0 cm³/mol. The van der Waals surface area contributed by atoms with Gasteiger partial charge in [-0.1, -0.05) is 39.5 Å². The Balaban J connectivity index is 2.22. The maximum atomic E-state index is 9.68. The van der Waals surface area contributed by atoms with Gasteiger partial charge in [0.25, 0.3) is 0 Å². The standard InChI is InChI=1S/C13H27NO/c1-3-7-12(15)10-14-13-9-6-5-8-11(13)4-2/h11-15H,3-10H2,1-2H3. The minimum Gasteiger partial charge on any atom is -0.392 e. The zero-order valence-electron chi connectivity index (χ0n) is 10.3. The quantitative estimate of drug-likeness (QED) is 0.711. The van der Waals surface area contributed by atoms with E-state index in [0.29, 0.717) is 6.04 Å². The fourth-order valence-electron chi connectivity index (χ4n) is 2.69. The number of hydrogen-bond donors (Lipinski definition) is 2. The van der Waals surface area contributed by atoms with Crippen molar-refractivity contribution in [3.63, 3.8) is 0 Å². The lowest BCUT2D eigenvalue weighted by Gasteiger charge is -2.32. The van der Waals surface area contributed by atoms with Crippen LogP contribution in [0.5, 0.6) is 0 Å². The third kappa shape index (κ3) is 4.52. The Morgan fingerprint density at radius 2 is 2.00 bits per heavy atom. The summed E-state index contributed by atoms with van der Waals surface area (Å²) in [6.07, 6.45) is 8.57. The number of aliphatic hydroxyl groups excluding tert-OH is 1. The third-order valence-corrected chi connectivity index (χ3v) is 3.67. The second-order valence-electron chi connectivity index (χ2n) is 4.91. The van der Waals surface area contributed by atoms with Crippen molar-refractivity contribution in [2.75, 3.05) is 6.54 Å². The molecule has 90 valence electrons. The van der Waals surface area contributed by atoms with Gasteiger partial charge < -0.3 is 10.4 Å². The van der Waals surface area contributed by atoms with E-state index in [9.17, 15) is 5.11 Å². The van der Waals surface area contributed by atoms with Crippen LogP contribution in [0.15, 0.2) is 0 Å². The van der Waals surface area contributed by atoms with Gasteiger partial charge in [0, 0.05) is 12.6 Å². The second kappa shape index (κ2) is 7.24. The summed E-state index contributed by atoms with van der Waals surface area (Å²) in [5.41, 5.74) is 0. The van der Waals surface area contributed by atoms with Gasteiger partial charge in [0.1, 0.15) is 0 Å². The molecule has 15 heavy (non-hydrogen) atoms. The van der Waals surface area contributed by atoms with Gasteiger partial charge in [-0.15, -0.1) is 0 Å². The lowest BCUT2D eigenvalue weighted by molar-refractivity contribution is 0.143. The first kappa shape index (κ1) is 13.0. The molecule has 0 aromatic heterocycles. The average Bonchev–Trinajstić information content (AvgIpc) is 2.27. The molecule has 1 rings (SSSR count). The summed E-state index contributed by atoms with van der Waals surface area (Å²) in [6.45, 7) is 5.20. The molecular formula is C13H27NO. The zero-order valence-corrected chi connectivity index (χ0v) is 10.3. The second-order valence-corrected chi connectivity index (χ2v) is 4.91. The van der Waals surface area contributed by atoms with E-state index < -0.39 is 0 Å². The van der Waals surface area contributed by atoms with E-state index in [2.05, 4.69) is 19.2 Å². The van der Waals surface area contributed by atoms with Crippen molar-refractivity contribution in [1.82, 2.24) is 5.32 Å². The predicted octanol–water partition coefficient (Wildman–Crippen LogP) is 2.71. The zero-order chi connectivity index (χ0) is 11.1. The van der Waals surface area contributed by atoms with E-state index >= 15 is 0 Å². The lowest BCUT2D eigenvalue weighted by Crippen LogP contribution is -2.42. The summed E-state index contributed by atoms with van der Waals surface area (Å²) < 4.78 is 0. The monoisotopic (exact) mass is 213 g/mol. The summed E-state index contributed by atoms with van der Waals surface area (Å²) in [4.78, 5) is 0. The highest BCUT2D eigenvalue weighted by Crippen LogP contribution is 2.26. The van der Waals surface area contributed by atoms with Crippen LogP contribution in [-0.4, -0.2) is 23.8 Å². The molecule has 0 bridgehead atoms. The molecule has 0 heterocycles. The summed E-state index contributed by atoms with van der Waals surface area (Å²) in [5.74, 6) is 0.840. The maximum absolute atomic E-state index is 9.68. The first-order valence-electron chi connectivity index (χ1n) is 6.69. The van der Waals surface area contributed by atoms with Gasteiger partial charge >= 0.3 is 0 Å². The Hall–Kier alpha value is -0.0800. The molecule has 0 radical (unpaired) electrons. The van der Waals surface area contributed by atoms with E-state index in [1.807, 2.05) is 0 Å². The number of hydrogen-bond acceptors (Lipinski definition) is 2. The van der Waals surface area contributed by atoms with Crippen LogP contribution in [0.3, 0.4) is 0 Å². The van der Waals surface area contributed by atoms with Gasteiger partial charge in [-0.25, -0.2) is 0 Å². The Morgan fingerprint density at radius 3 is 2.67 bits per heavy atom. The molecule has 0 aromatic carbocycles. The molecule has 1 saturated carbocycles. The summed E-state index contributed by atoms with van der Waals surface area (Å²) in [5, 5.41) is 13.2. The van der Waals surface area contributed by atoms with Crippen LogP contribution in [0, 0.1) is 5.92 Å². The van der Waals surface area contributed by atoms with Gasteiger partial charge in [0.2, 0.25) is 0 Å². The molecule has 3 unspecified atom stereocenters. The van der Waals surface area contributed by atoms with Crippen LogP contribution in [0.25, 0.3) is 0 Å². The fourth-order valence-corrected chi connectivity index (χ4v) is 2.69. The largest absolute Gasteiger partial charge is 0.392 e. The number of aliphatic hydroxyl groups is 1. The van der Waals surface area contributed by atoms with E-state index in [0.717, 1.165) is 25.3 Å². The summed E-state index contributed by atoms with van der Waals surface area (Å²) in [7, 11) is 0. The van der Waals surface area contributed by atoms with Crippen molar-refractivity contribution >= 4 is 0 Å². The molecular weight excluding hydrogens is 186 g/mol. The topological polar surface area (TPSA) is 32.3 Å². The van der Waals surface area contributed by atoms with Crippen LogP contribution in [0.1, 0.15) is 58.8 Å². The van der Waals surface area contributed by atoms with Crippen molar-refractivity contribution in [2.24, 2.45) is 5.92 Å². The van der Waals surface area contributed by atoms with Crippen molar-refractivity contribution < 1.29 is 5.11 Å². The van der Waals surface area contributed by atoms with Crippen LogP contribution in [0.4, 0.5) is 0 Å². The Bertz CT molecular complexity index is 161. The van der Waals surface area contributed by atoms with Crippen molar-refractivity contribution in [2.45, 2.75) is 70.9 Å². The highest BCUT2D eigenvalue weighted by atomic mass is 16.3. The number of rotatable bonds is 6. The highest BCUT2D eigenvalue weighted by Gasteiger charge is 2.23. The summed E-state index contributed by atoms with van der Waals surface area (Å²) >= 11 is 0. The molecule has 3 atom stereocenters. The number of nitrogens with one attached hydrogen (secondary N) is 1. The Kier molecular flexibility index (Phi) is 6.26. The average molecular weight is 213 g/mol. The first-order valence-corrected chi connectivity index (χ1v) is 6.69. The smallest absolute Gasteiger partial charge is 0.0664 e. The molecule has 0 spiro atoms. The van der Waals surface area contributed by atoms with E-state index in [-0.39, 0.29) is 6.10 Å². The lowest BCUT2D eigenvalue weighted by atomic mass is 9.83. The molecule has 2 heteroatoms. The molecule has 1 aliphatic carbocycles. The van der Waals surface area contributed by atoms with Crippen molar-refractivity contribution in [1.29, 1.82) is 0 Å². The van der Waals surface area contributed by atoms with Crippen LogP contribution < -0.4 is 5.32 Å². The molecule has 0 aromatic rings. The van der Waals surface area contributed by atoms with Gasteiger partial charge in [-0.05, 0) is 25.2 Å². The van der Waals surface area contributed by atoms with E-state index in [1.165, 1.54) is 32.1 Å². The van der Waals surface area contributed by atoms with Crippen LogP contribution in [0.2, 0.25) is 0 Å². The first-order chi connectivity index (χ1) is 7.27. The van der Waals surface area contributed by atoms with Crippen LogP contribution in [-0.2, 0) is 0 Å². The fraction of sp³-hybridized carbons (Fsp3) is 1.00. The Morgan fingerprint density at radius 1 is 1.27 bits per heavy atom. The van der Waals surface area contributed by atoms with Gasteiger partial charge in [-0.2, -0.15) is 0 Å².